The summed E-state index contributed by atoms with van der Waals surface area (Å²) in [6.45, 7) is 2.65. The largest absolute Gasteiger partial charge is 0.494 e. The summed E-state index contributed by atoms with van der Waals surface area (Å²) >= 11 is 0. The molecule has 6 heteroatoms. The van der Waals surface area contributed by atoms with Gasteiger partial charge in [-0.15, -0.1) is 0 Å². The summed E-state index contributed by atoms with van der Waals surface area (Å²) in [4.78, 5) is 24.1. The van der Waals surface area contributed by atoms with Crippen LogP contribution < -0.4 is 10.1 Å². The molecule has 3 aromatic carbocycles. The summed E-state index contributed by atoms with van der Waals surface area (Å²) in [5.41, 5.74) is 5.47. The van der Waals surface area contributed by atoms with E-state index >= 15 is 0 Å². The van der Waals surface area contributed by atoms with Gasteiger partial charge in [0.2, 0.25) is 0 Å². The van der Waals surface area contributed by atoms with E-state index in [9.17, 15) is 14.7 Å². The number of ether oxygens (including phenoxy) is 2. The maximum absolute atomic E-state index is 12.5. The molecule has 170 valence electrons. The average Bonchev–Trinajstić information content (AvgIpc) is 3.15. The molecule has 0 heterocycles. The van der Waals surface area contributed by atoms with Crippen molar-refractivity contribution in [2.24, 2.45) is 0 Å². The fourth-order valence-corrected chi connectivity index (χ4v) is 4.27. The van der Waals surface area contributed by atoms with Crippen LogP contribution in [-0.4, -0.2) is 36.4 Å². The van der Waals surface area contributed by atoms with Gasteiger partial charge in [0, 0.05) is 5.92 Å². The Balaban J connectivity index is 1.34. The molecule has 33 heavy (non-hydrogen) atoms. The minimum atomic E-state index is -1.09. The zero-order valence-electron chi connectivity index (χ0n) is 18.5. The Morgan fingerprint density at radius 2 is 1.55 bits per heavy atom. The molecule has 0 bridgehead atoms. The van der Waals surface area contributed by atoms with Crippen molar-refractivity contribution in [3.05, 3.63) is 89.5 Å². The van der Waals surface area contributed by atoms with Crippen LogP contribution in [0.2, 0.25) is 0 Å². The second kappa shape index (κ2) is 10.2. The third-order valence-corrected chi connectivity index (χ3v) is 5.89. The highest BCUT2D eigenvalue weighted by atomic mass is 16.5. The van der Waals surface area contributed by atoms with Gasteiger partial charge in [-0.2, -0.15) is 0 Å². The lowest BCUT2D eigenvalue weighted by molar-refractivity contribution is -0.139. The van der Waals surface area contributed by atoms with Gasteiger partial charge in [-0.3, -0.25) is 0 Å². The van der Waals surface area contributed by atoms with Crippen LogP contribution in [-0.2, 0) is 16.0 Å². The van der Waals surface area contributed by atoms with Crippen LogP contribution in [0.1, 0.15) is 36.0 Å². The molecule has 6 nitrogen and oxygen atoms in total. The predicted molar refractivity (Wildman–Crippen MR) is 126 cm³/mol. The normalized spacial score (nSPS) is 13.0. The van der Waals surface area contributed by atoms with E-state index < -0.39 is 18.1 Å². The third-order valence-electron chi connectivity index (χ3n) is 5.89. The van der Waals surface area contributed by atoms with E-state index in [1.54, 1.807) is 0 Å². The number of carbonyl (C=O) groups excluding carboxylic acids is 1. The molecule has 0 saturated heterocycles. The lowest BCUT2D eigenvalue weighted by Gasteiger charge is -2.17. The second-order valence-corrected chi connectivity index (χ2v) is 7.98. The Hall–Kier alpha value is -3.80. The number of hydrogen-bond acceptors (Lipinski definition) is 4. The first kappa shape index (κ1) is 22.4. The van der Waals surface area contributed by atoms with Crippen molar-refractivity contribution in [1.82, 2.24) is 5.32 Å². The van der Waals surface area contributed by atoms with E-state index in [0.717, 1.165) is 33.6 Å². The smallest absolute Gasteiger partial charge is 0.407 e. The zero-order valence-corrected chi connectivity index (χ0v) is 18.5. The van der Waals surface area contributed by atoms with Crippen LogP contribution in [0.4, 0.5) is 4.79 Å². The number of aryl methyl sites for hydroxylation is 1. The van der Waals surface area contributed by atoms with Crippen molar-refractivity contribution < 1.29 is 24.2 Å². The number of aliphatic carboxylic acids is 1. The highest BCUT2D eigenvalue weighted by molar-refractivity contribution is 5.81. The molecule has 0 aromatic heterocycles. The SMILES string of the molecule is CCOc1ccc(CC[C@@H](NC(=O)OCC2c3ccccc3-c3ccccc32)C(=O)O)cc1. The van der Waals surface area contributed by atoms with E-state index in [-0.39, 0.29) is 18.9 Å². The fraction of sp³-hybridized carbons (Fsp3) is 0.259. The van der Waals surface area contributed by atoms with Crippen molar-refractivity contribution in [3.63, 3.8) is 0 Å². The zero-order chi connectivity index (χ0) is 23.2. The Morgan fingerprint density at radius 3 is 2.12 bits per heavy atom. The highest BCUT2D eigenvalue weighted by Gasteiger charge is 2.29. The Labute approximate surface area is 193 Å². The standard InChI is InChI=1S/C27H27NO5/c1-2-32-19-14-11-18(12-15-19)13-16-25(26(29)30)28-27(31)33-17-24-22-9-5-3-7-20(22)21-8-4-6-10-23(21)24/h3-12,14-15,24-25H,2,13,16-17H2,1H3,(H,28,31)(H,29,30)/t25-/m1/s1. The number of carbonyl (C=O) groups is 2. The number of carboxylic acid groups (broad SMARTS) is 1. The van der Waals surface area contributed by atoms with Crippen molar-refractivity contribution >= 4 is 12.1 Å². The van der Waals surface area contributed by atoms with Gasteiger partial charge in [0.1, 0.15) is 18.4 Å². The number of benzene rings is 3. The van der Waals surface area contributed by atoms with Gasteiger partial charge in [-0.1, -0.05) is 60.7 Å². The van der Waals surface area contributed by atoms with Gasteiger partial charge < -0.3 is 19.9 Å². The molecule has 4 rings (SSSR count). The van der Waals surface area contributed by atoms with Gasteiger partial charge in [0.15, 0.2) is 0 Å². The number of fused-ring (bicyclic) bond motifs is 3. The lowest BCUT2D eigenvalue weighted by atomic mass is 9.98. The van der Waals surface area contributed by atoms with Crippen LogP contribution >= 0.6 is 0 Å². The molecule has 0 saturated carbocycles. The maximum Gasteiger partial charge on any atom is 0.407 e. The van der Waals surface area contributed by atoms with Crippen molar-refractivity contribution in [2.45, 2.75) is 31.7 Å². The van der Waals surface area contributed by atoms with Crippen molar-refractivity contribution in [2.75, 3.05) is 13.2 Å². The van der Waals surface area contributed by atoms with Gasteiger partial charge >= 0.3 is 12.1 Å². The monoisotopic (exact) mass is 445 g/mol. The van der Waals surface area contributed by atoms with Gasteiger partial charge in [-0.05, 0) is 59.7 Å². The Bertz CT molecular complexity index is 1080. The molecule has 3 aromatic rings. The van der Waals surface area contributed by atoms with E-state index in [1.165, 1.54) is 0 Å². The molecule has 0 unspecified atom stereocenters. The minimum absolute atomic E-state index is 0.0738. The fourth-order valence-electron chi connectivity index (χ4n) is 4.27. The van der Waals surface area contributed by atoms with E-state index in [2.05, 4.69) is 17.4 Å². The van der Waals surface area contributed by atoms with E-state index in [4.69, 9.17) is 9.47 Å². The number of amides is 1. The molecule has 0 fully saturated rings. The maximum atomic E-state index is 12.5. The van der Waals surface area contributed by atoms with Gasteiger partial charge in [-0.25, -0.2) is 9.59 Å². The molecule has 2 N–H and O–H groups in total. The molecule has 0 aliphatic heterocycles. The summed E-state index contributed by atoms with van der Waals surface area (Å²) in [6.07, 6.45) is 0.0385. The van der Waals surface area contributed by atoms with Crippen LogP contribution in [0.25, 0.3) is 11.1 Å². The molecule has 0 spiro atoms. The first-order valence-electron chi connectivity index (χ1n) is 11.1. The number of rotatable bonds is 9. The third kappa shape index (κ3) is 5.17. The Kier molecular flexibility index (Phi) is 6.93. The topological polar surface area (TPSA) is 84.9 Å². The quantitative estimate of drug-likeness (QED) is 0.484. The molecule has 1 amide bonds. The number of hydrogen-bond donors (Lipinski definition) is 2. The second-order valence-electron chi connectivity index (χ2n) is 7.98. The summed E-state index contributed by atoms with van der Waals surface area (Å²) in [6, 6.07) is 22.6. The Morgan fingerprint density at radius 1 is 0.939 bits per heavy atom. The van der Waals surface area contributed by atoms with E-state index in [1.807, 2.05) is 67.6 Å². The van der Waals surface area contributed by atoms with Crippen molar-refractivity contribution in [3.8, 4) is 16.9 Å². The number of nitrogens with one attached hydrogen (secondary N) is 1. The predicted octanol–water partition coefficient (Wildman–Crippen LogP) is 5.01. The first-order chi connectivity index (χ1) is 16.1. The summed E-state index contributed by atoms with van der Waals surface area (Å²) in [5, 5.41) is 12.1. The number of carboxylic acids is 1. The molecule has 1 aliphatic carbocycles. The molecular formula is C27H27NO5. The molecule has 1 aliphatic rings. The van der Waals surface area contributed by atoms with Crippen LogP contribution in [0.5, 0.6) is 5.75 Å². The van der Waals surface area contributed by atoms with Crippen molar-refractivity contribution in [1.29, 1.82) is 0 Å². The first-order valence-corrected chi connectivity index (χ1v) is 11.1. The average molecular weight is 446 g/mol. The minimum Gasteiger partial charge on any atom is -0.494 e. The molecule has 0 radical (unpaired) electrons. The van der Waals surface area contributed by atoms with Gasteiger partial charge in [0.05, 0.1) is 6.61 Å². The van der Waals surface area contributed by atoms with Crippen LogP contribution in [0.3, 0.4) is 0 Å². The molecular weight excluding hydrogens is 418 g/mol. The summed E-state index contributed by atoms with van der Waals surface area (Å²) < 4.78 is 10.9. The van der Waals surface area contributed by atoms with E-state index in [0.29, 0.717) is 13.0 Å². The summed E-state index contributed by atoms with van der Waals surface area (Å²) in [5.74, 6) is -0.391. The molecule has 1 atom stereocenters. The summed E-state index contributed by atoms with van der Waals surface area (Å²) in [7, 11) is 0. The van der Waals surface area contributed by atoms with Crippen LogP contribution in [0.15, 0.2) is 72.8 Å². The number of alkyl carbamates (subject to hydrolysis) is 1. The lowest BCUT2D eigenvalue weighted by Crippen LogP contribution is -2.41. The van der Waals surface area contributed by atoms with Gasteiger partial charge in [0.25, 0.3) is 0 Å². The highest BCUT2D eigenvalue weighted by Crippen LogP contribution is 2.44. The van der Waals surface area contributed by atoms with Crippen LogP contribution in [0, 0.1) is 0 Å².